The van der Waals surface area contributed by atoms with Crippen LogP contribution >= 0.6 is 12.4 Å². The molecule has 142 valence electrons. The summed E-state index contributed by atoms with van der Waals surface area (Å²) in [6, 6.07) is 6.47. The van der Waals surface area contributed by atoms with Gasteiger partial charge in [0, 0.05) is 26.7 Å². The van der Waals surface area contributed by atoms with Crippen molar-refractivity contribution >= 4 is 28.3 Å². The first-order valence-corrected chi connectivity index (χ1v) is 9.90. The molecule has 1 unspecified atom stereocenters. The highest BCUT2D eigenvalue weighted by molar-refractivity contribution is 7.89. The number of sulfonamides is 1. The summed E-state index contributed by atoms with van der Waals surface area (Å²) in [5, 5.41) is 0. The average molecular weight is 390 g/mol. The fourth-order valence-electron chi connectivity index (χ4n) is 2.92. The average Bonchev–Trinajstić information content (AvgIpc) is 3.09. The Morgan fingerprint density at radius 1 is 1.36 bits per heavy atom. The number of amides is 1. The number of rotatable bonds is 7. The summed E-state index contributed by atoms with van der Waals surface area (Å²) >= 11 is 0. The van der Waals surface area contributed by atoms with E-state index < -0.39 is 10.0 Å². The molecule has 1 aromatic rings. The first-order chi connectivity index (χ1) is 11.4. The predicted octanol–water partition coefficient (Wildman–Crippen LogP) is 1.95. The third-order valence-corrected chi connectivity index (χ3v) is 6.43. The highest BCUT2D eigenvalue weighted by Gasteiger charge is 2.34. The second-order valence-electron chi connectivity index (χ2n) is 6.33. The van der Waals surface area contributed by atoms with E-state index in [-0.39, 0.29) is 34.7 Å². The summed E-state index contributed by atoms with van der Waals surface area (Å²) in [5.41, 5.74) is 5.90. The van der Waals surface area contributed by atoms with Crippen LogP contribution in [0.5, 0.6) is 0 Å². The molecule has 1 aliphatic rings. The van der Waals surface area contributed by atoms with E-state index >= 15 is 0 Å². The second-order valence-corrected chi connectivity index (χ2v) is 8.24. The Bertz CT molecular complexity index is 681. The molecule has 0 radical (unpaired) electrons. The number of benzene rings is 1. The number of nitrogens with zero attached hydrogens (tertiary/aromatic N) is 2. The zero-order valence-electron chi connectivity index (χ0n) is 14.8. The number of carbonyl (C=O) groups excluding carboxylic acids is 1. The number of nitrogens with two attached hydrogens (primary N) is 1. The van der Waals surface area contributed by atoms with Crippen LogP contribution in [0.3, 0.4) is 0 Å². The molecule has 2 rings (SSSR count). The fraction of sp³-hybridized carbons (Fsp3) is 0.588. The minimum Gasteiger partial charge on any atom is -0.342 e. The molecule has 6 nitrogen and oxygen atoms in total. The highest BCUT2D eigenvalue weighted by Crippen LogP contribution is 2.26. The lowest BCUT2D eigenvalue weighted by molar-refractivity contribution is 0.0789. The first kappa shape index (κ1) is 21.9. The summed E-state index contributed by atoms with van der Waals surface area (Å²) < 4.78 is 27.4. The van der Waals surface area contributed by atoms with Gasteiger partial charge in [-0.15, -0.1) is 12.4 Å². The van der Waals surface area contributed by atoms with Crippen LogP contribution in [-0.4, -0.2) is 56.8 Å². The van der Waals surface area contributed by atoms with Crippen LogP contribution in [0.2, 0.25) is 0 Å². The van der Waals surface area contributed by atoms with Gasteiger partial charge in [-0.3, -0.25) is 4.79 Å². The summed E-state index contributed by atoms with van der Waals surface area (Å²) in [4.78, 5) is 14.4. The molecule has 0 spiro atoms. The van der Waals surface area contributed by atoms with Crippen molar-refractivity contribution in [2.24, 2.45) is 11.7 Å². The van der Waals surface area contributed by atoms with Gasteiger partial charge in [0.05, 0.1) is 10.5 Å². The molecule has 0 aromatic heterocycles. The van der Waals surface area contributed by atoms with Crippen LogP contribution in [0.25, 0.3) is 0 Å². The van der Waals surface area contributed by atoms with Gasteiger partial charge in [0.1, 0.15) is 0 Å². The zero-order chi connectivity index (χ0) is 17.7. The quantitative estimate of drug-likeness (QED) is 0.772. The number of unbranched alkanes of at least 4 members (excludes halogenated alkanes) is 1. The molecule has 1 aromatic carbocycles. The molecule has 1 saturated heterocycles. The molecule has 1 fully saturated rings. The summed E-state index contributed by atoms with van der Waals surface area (Å²) in [6.45, 7) is 4.03. The Labute approximate surface area is 156 Å². The predicted molar refractivity (Wildman–Crippen MR) is 101 cm³/mol. The minimum absolute atomic E-state index is 0. The molecule has 1 atom stereocenters. The van der Waals surface area contributed by atoms with E-state index in [0.29, 0.717) is 26.2 Å². The second kappa shape index (κ2) is 9.52. The van der Waals surface area contributed by atoms with Crippen molar-refractivity contribution in [3.05, 3.63) is 29.8 Å². The SMILES string of the molecule is CCCCN(C)C(=O)c1ccccc1S(=O)(=O)N1CCC(CN)C1.Cl. The number of hydrogen-bond donors (Lipinski definition) is 1. The standard InChI is InChI=1S/C17H27N3O3S.ClH/c1-3-4-10-19(2)17(21)15-7-5-6-8-16(15)24(22,23)20-11-9-14(12-18)13-20;/h5-8,14H,3-4,9-13,18H2,1-2H3;1H. The molecule has 1 heterocycles. The molecular weight excluding hydrogens is 362 g/mol. The Balaban J connectivity index is 0.00000312. The fourth-order valence-corrected chi connectivity index (χ4v) is 4.63. The van der Waals surface area contributed by atoms with Crippen molar-refractivity contribution < 1.29 is 13.2 Å². The molecule has 1 aliphatic heterocycles. The Kier molecular flexibility index (Phi) is 8.34. The van der Waals surface area contributed by atoms with Crippen LogP contribution in [0.4, 0.5) is 0 Å². The Hall–Kier alpha value is -1.15. The Morgan fingerprint density at radius 3 is 2.64 bits per heavy atom. The number of halogens is 1. The van der Waals surface area contributed by atoms with Crippen molar-refractivity contribution in [1.82, 2.24) is 9.21 Å². The lowest BCUT2D eigenvalue weighted by Crippen LogP contribution is -2.33. The maximum Gasteiger partial charge on any atom is 0.254 e. The molecule has 25 heavy (non-hydrogen) atoms. The van der Waals surface area contributed by atoms with Crippen LogP contribution in [-0.2, 0) is 10.0 Å². The lowest BCUT2D eigenvalue weighted by Gasteiger charge is -2.21. The maximum atomic E-state index is 13.0. The molecule has 2 N–H and O–H groups in total. The van der Waals surface area contributed by atoms with E-state index in [1.54, 1.807) is 30.1 Å². The van der Waals surface area contributed by atoms with Gasteiger partial charge in [-0.1, -0.05) is 25.5 Å². The topological polar surface area (TPSA) is 83.7 Å². The molecule has 0 saturated carbocycles. The van der Waals surface area contributed by atoms with E-state index in [9.17, 15) is 13.2 Å². The van der Waals surface area contributed by atoms with Crippen LogP contribution in [0, 0.1) is 5.92 Å². The number of hydrogen-bond acceptors (Lipinski definition) is 4. The van der Waals surface area contributed by atoms with Gasteiger partial charge >= 0.3 is 0 Å². The van der Waals surface area contributed by atoms with Gasteiger partial charge in [0.15, 0.2) is 0 Å². The molecule has 8 heteroatoms. The van der Waals surface area contributed by atoms with Crippen LogP contribution < -0.4 is 5.73 Å². The van der Waals surface area contributed by atoms with Gasteiger partial charge in [0.2, 0.25) is 10.0 Å². The summed E-state index contributed by atoms with van der Waals surface area (Å²) in [7, 11) is -1.97. The number of carbonyl (C=O) groups is 1. The van der Waals surface area contributed by atoms with Crippen molar-refractivity contribution in [2.75, 3.05) is 33.2 Å². The van der Waals surface area contributed by atoms with Crippen molar-refractivity contribution in [1.29, 1.82) is 0 Å². The van der Waals surface area contributed by atoms with E-state index in [4.69, 9.17) is 5.73 Å². The normalized spacial score (nSPS) is 18.0. The smallest absolute Gasteiger partial charge is 0.254 e. The molecule has 0 bridgehead atoms. The van der Waals surface area contributed by atoms with E-state index in [0.717, 1.165) is 19.3 Å². The van der Waals surface area contributed by atoms with E-state index in [1.165, 1.54) is 10.4 Å². The van der Waals surface area contributed by atoms with Gasteiger partial charge in [-0.05, 0) is 37.4 Å². The summed E-state index contributed by atoms with van der Waals surface area (Å²) in [6.07, 6.45) is 2.63. The van der Waals surface area contributed by atoms with Crippen LogP contribution in [0.15, 0.2) is 29.2 Å². The monoisotopic (exact) mass is 389 g/mol. The third-order valence-electron chi connectivity index (χ3n) is 4.51. The maximum absolute atomic E-state index is 13.0. The van der Waals surface area contributed by atoms with Gasteiger partial charge in [-0.25, -0.2) is 8.42 Å². The third kappa shape index (κ3) is 4.94. The van der Waals surface area contributed by atoms with Crippen molar-refractivity contribution in [2.45, 2.75) is 31.1 Å². The van der Waals surface area contributed by atoms with E-state index in [2.05, 4.69) is 6.92 Å². The molecule has 0 aliphatic carbocycles. The van der Waals surface area contributed by atoms with Gasteiger partial charge in [0.25, 0.3) is 5.91 Å². The highest BCUT2D eigenvalue weighted by atomic mass is 35.5. The minimum atomic E-state index is -3.68. The molecule has 1 amide bonds. The lowest BCUT2D eigenvalue weighted by atomic mass is 10.1. The largest absolute Gasteiger partial charge is 0.342 e. The summed E-state index contributed by atoms with van der Waals surface area (Å²) in [5.74, 6) is -0.0629. The van der Waals surface area contributed by atoms with Crippen molar-refractivity contribution in [3.8, 4) is 0 Å². The Morgan fingerprint density at radius 2 is 2.04 bits per heavy atom. The van der Waals surface area contributed by atoms with E-state index in [1.807, 2.05) is 0 Å². The van der Waals surface area contributed by atoms with Crippen molar-refractivity contribution in [3.63, 3.8) is 0 Å². The zero-order valence-corrected chi connectivity index (χ0v) is 16.5. The van der Waals surface area contributed by atoms with Crippen LogP contribution in [0.1, 0.15) is 36.5 Å². The first-order valence-electron chi connectivity index (χ1n) is 8.46. The van der Waals surface area contributed by atoms with Gasteiger partial charge < -0.3 is 10.6 Å². The molecular formula is C17H28ClN3O3S. The van der Waals surface area contributed by atoms with Gasteiger partial charge in [-0.2, -0.15) is 4.31 Å².